The number of carboxylic acid groups (broad SMARTS) is 1. The summed E-state index contributed by atoms with van der Waals surface area (Å²) >= 11 is 0. The molecule has 10 heteroatoms. The van der Waals surface area contributed by atoms with E-state index < -0.39 is 27.4 Å². The number of nitro benzene ring substituents is 1. The second kappa shape index (κ2) is 7.80. The molecule has 0 spiro atoms. The number of nitrogens with one attached hydrogen (secondary N) is 2. The second-order valence-corrected chi connectivity index (χ2v) is 7.72. The monoisotopic (exact) mass is 424 g/mol. The van der Waals surface area contributed by atoms with Crippen LogP contribution in [0.3, 0.4) is 0 Å². The minimum Gasteiger partial charge on any atom is -0.481 e. The van der Waals surface area contributed by atoms with Crippen molar-refractivity contribution in [1.82, 2.24) is 14.9 Å². The van der Waals surface area contributed by atoms with Crippen LogP contribution in [0.2, 0.25) is 0 Å². The fourth-order valence-electron chi connectivity index (χ4n) is 4.23. The zero-order valence-corrected chi connectivity index (χ0v) is 16.5. The van der Waals surface area contributed by atoms with Crippen molar-refractivity contribution in [3.63, 3.8) is 0 Å². The van der Waals surface area contributed by atoms with Crippen LogP contribution >= 0.6 is 0 Å². The second-order valence-electron chi connectivity index (χ2n) is 7.72. The Balaban J connectivity index is 1.64. The van der Waals surface area contributed by atoms with Gasteiger partial charge in [-0.1, -0.05) is 30.3 Å². The summed E-state index contributed by atoms with van der Waals surface area (Å²) < 4.78 is 0. The maximum absolute atomic E-state index is 12.1. The topological polar surface area (TPSA) is 149 Å². The lowest BCUT2D eigenvalue weighted by Gasteiger charge is -2.39. The summed E-state index contributed by atoms with van der Waals surface area (Å²) in [6.07, 6.45) is 0.763. The Bertz CT molecular complexity index is 1270. The van der Waals surface area contributed by atoms with Crippen LogP contribution in [0.4, 0.5) is 5.69 Å². The van der Waals surface area contributed by atoms with Crippen LogP contribution in [-0.2, 0) is 16.8 Å². The highest BCUT2D eigenvalue weighted by atomic mass is 16.6. The number of carboxylic acids is 1. The maximum Gasteiger partial charge on any atom is 0.314 e. The number of carbonyl (C=O) groups is 1. The van der Waals surface area contributed by atoms with Crippen molar-refractivity contribution in [1.29, 1.82) is 0 Å². The third kappa shape index (κ3) is 3.73. The van der Waals surface area contributed by atoms with E-state index in [9.17, 15) is 29.6 Å². The van der Waals surface area contributed by atoms with Crippen LogP contribution in [-0.4, -0.2) is 44.0 Å². The number of fused-ring (bicyclic) bond motifs is 1. The normalized spacial score (nSPS) is 16.3. The van der Waals surface area contributed by atoms with Crippen LogP contribution in [0, 0.1) is 10.1 Å². The Morgan fingerprint density at radius 3 is 2.35 bits per heavy atom. The Hall–Kier alpha value is -3.79. The summed E-state index contributed by atoms with van der Waals surface area (Å²) in [6.45, 7) is 1.18. The molecular weight excluding hydrogens is 404 g/mol. The first-order valence-corrected chi connectivity index (χ1v) is 9.75. The van der Waals surface area contributed by atoms with E-state index in [1.165, 1.54) is 12.1 Å². The van der Waals surface area contributed by atoms with Gasteiger partial charge >= 0.3 is 17.1 Å². The quantitative estimate of drug-likeness (QED) is 0.321. The predicted octanol–water partition coefficient (Wildman–Crippen LogP) is 1.74. The average molecular weight is 424 g/mol. The number of hydrogen-bond donors (Lipinski definition) is 3. The molecule has 2 aromatic carbocycles. The number of rotatable bonds is 5. The number of H-pyrrole nitrogens is 2. The minimum absolute atomic E-state index is 0.176. The molecule has 2 heterocycles. The Morgan fingerprint density at radius 1 is 1.10 bits per heavy atom. The Kier molecular flexibility index (Phi) is 5.15. The number of aromatic amines is 2. The van der Waals surface area contributed by atoms with Gasteiger partial charge in [-0.25, -0.2) is 0 Å². The number of hydrogen-bond acceptors (Lipinski definition) is 6. The van der Waals surface area contributed by atoms with Crippen molar-refractivity contribution in [2.24, 2.45) is 0 Å². The number of aromatic nitrogens is 2. The molecule has 4 rings (SSSR count). The number of nitro groups is 1. The molecule has 3 N–H and O–H groups in total. The predicted molar refractivity (Wildman–Crippen MR) is 112 cm³/mol. The number of aliphatic carboxylic acids is 1. The van der Waals surface area contributed by atoms with E-state index in [1.54, 1.807) is 0 Å². The number of non-ortho nitro benzene ring substituents is 1. The van der Waals surface area contributed by atoms with Crippen LogP contribution in [0.25, 0.3) is 11.0 Å². The van der Waals surface area contributed by atoms with E-state index in [4.69, 9.17) is 0 Å². The van der Waals surface area contributed by atoms with Gasteiger partial charge in [0.25, 0.3) is 5.69 Å². The van der Waals surface area contributed by atoms with Gasteiger partial charge in [0.05, 0.1) is 21.4 Å². The summed E-state index contributed by atoms with van der Waals surface area (Å²) in [5.41, 5.74) is -1.16. The van der Waals surface area contributed by atoms with E-state index in [-0.39, 0.29) is 17.7 Å². The third-order valence-electron chi connectivity index (χ3n) is 5.95. The fourth-order valence-corrected chi connectivity index (χ4v) is 4.23. The number of nitrogens with zero attached hydrogens (tertiary/aromatic N) is 2. The first-order valence-electron chi connectivity index (χ1n) is 9.75. The molecule has 10 nitrogen and oxygen atoms in total. The Morgan fingerprint density at radius 2 is 1.74 bits per heavy atom. The molecule has 0 saturated carbocycles. The molecule has 1 aliphatic rings. The minimum atomic E-state index is -0.984. The van der Waals surface area contributed by atoms with E-state index in [0.717, 1.165) is 5.56 Å². The highest BCUT2D eigenvalue weighted by Gasteiger charge is 2.43. The van der Waals surface area contributed by atoms with E-state index in [1.807, 2.05) is 35.2 Å². The molecule has 160 valence electrons. The molecule has 0 unspecified atom stereocenters. The molecule has 1 saturated heterocycles. The molecule has 3 aromatic rings. The summed E-state index contributed by atoms with van der Waals surface area (Å²) in [4.78, 5) is 53.2. The lowest BCUT2D eigenvalue weighted by atomic mass is 9.73. The van der Waals surface area contributed by atoms with Crippen molar-refractivity contribution >= 4 is 22.7 Å². The van der Waals surface area contributed by atoms with Crippen molar-refractivity contribution in [3.8, 4) is 0 Å². The number of piperidine rings is 1. The van der Waals surface area contributed by atoms with Crippen LogP contribution in [0.15, 0.2) is 52.1 Å². The van der Waals surface area contributed by atoms with Crippen molar-refractivity contribution in [2.75, 3.05) is 13.1 Å². The molecule has 0 atom stereocenters. The SMILES string of the molecule is O=C(O)C1(c2ccccc2)CCN(Cc2cc([N+](=O)[O-])cc3[nH]c(=O)c(=O)[nH]c23)CC1. The summed E-state index contributed by atoms with van der Waals surface area (Å²) in [5, 5.41) is 21.3. The zero-order valence-electron chi connectivity index (χ0n) is 16.5. The summed E-state index contributed by atoms with van der Waals surface area (Å²) in [5.74, 6) is -0.874. The first kappa shape index (κ1) is 20.5. The highest BCUT2D eigenvalue weighted by Crippen LogP contribution is 2.36. The fraction of sp³-hybridized carbons (Fsp3) is 0.286. The lowest BCUT2D eigenvalue weighted by molar-refractivity contribution is -0.384. The van der Waals surface area contributed by atoms with Gasteiger partial charge in [0, 0.05) is 18.7 Å². The van der Waals surface area contributed by atoms with Gasteiger partial charge in [0.15, 0.2) is 0 Å². The summed E-state index contributed by atoms with van der Waals surface area (Å²) in [6, 6.07) is 11.7. The first-order chi connectivity index (χ1) is 14.8. The summed E-state index contributed by atoms with van der Waals surface area (Å²) in [7, 11) is 0. The van der Waals surface area contributed by atoms with Crippen molar-refractivity contribution in [2.45, 2.75) is 24.8 Å². The molecule has 31 heavy (non-hydrogen) atoms. The van der Waals surface area contributed by atoms with Gasteiger partial charge in [-0.2, -0.15) is 0 Å². The molecule has 0 bridgehead atoms. The molecular formula is C21H20N4O6. The molecule has 1 aromatic heterocycles. The van der Waals surface area contributed by atoms with Crippen molar-refractivity contribution < 1.29 is 14.8 Å². The van der Waals surface area contributed by atoms with Gasteiger partial charge in [-0.15, -0.1) is 0 Å². The third-order valence-corrected chi connectivity index (χ3v) is 5.95. The van der Waals surface area contributed by atoms with Gasteiger partial charge in [0.2, 0.25) is 0 Å². The van der Waals surface area contributed by atoms with E-state index in [0.29, 0.717) is 37.0 Å². The zero-order chi connectivity index (χ0) is 22.2. The van der Waals surface area contributed by atoms with Crippen LogP contribution in [0.1, 0.15) is 24.0 Å². The largest absolute Gasteiger partial charge is 0.481 e. The smallest absolute Gasteiger partial charge is 0.314 e. The van der Waals surface area contributed by atoms with E-state index in [2.05, 4.69) is 9.97 Å². The van der Waals surface area contributed by atoms with Gasteiger partial charge in [0.1, 0.15) is 0 Å². The van der Waals surface area contributed by atoms with Crippen LogP contribution < -0.4 is 11.1 Å². The number of likely N-dealkylation sites (tertiary alicyclic amines) is 1. The standard InChI is InChI=1S/C21H20N4O6/c26-18-19(27)23-17-13(10-15(25(30)31)11-16(17)22-18)12-24-8-6-21(7-9-24,20(28)29)14-4-2-1-3-5-14/h1-5,10-11H,6-9,12H2,(H,22,26)(H,23,27)(H,28,29). The van der Waals surface area contributed by atoms with Crippen molar-refractivity contribution in [3.05, 3.63) is 84.4 Å². The maximum atomic E-state index is 12.1. The van der Waals surface area contributed by atoms with Gasteiger partial charge < -0.3 is 15.1 Å². The molecule has 1 aliphatic heterocycles. The average Bonchev–Trinajstić information content (AvgIpc) is 2.76. The van der Waals surface area contributed by atoms with Crippen LogP contribution in [0.5, 0.6) is 0 Å². The molecule has 1 fully saturated rings. The van der Waals surface area contributed by atoms with Gasteiger partial charge in [-0.3, -0.25) is 29.4 Å². The molecule has 0 aliphatic carbocycles. The Labute approximate surface area is 175 Å². The highest BCUT2D eigenvalue weighted by molar-refractivity contribution is 5.82. The van der Waals surface area contributed by atoms with Gasteiger partial charge in [-0.05, 0) is 37.1 Å². The molecule has 0 amide bonds. The van der Waals surface area contributed by atoms with E-state index >= 15 is 0 Å². The lowest BCUT2D eigenvalue weighted by Crippen LogP contribution is -2.47. The molecule has 0 radical (unpaired) electrons. The number of benzene rings is 2.